The molecule has 2 heterocycles. The molecule has 1 aromatic heterocycles. The number of nitrogens with one attached hydrogen (secondary N) is 1. The molecule has 1 fully saturated rings. The summed E-state index contributed by atoms with van der Waals surface area (Å²) < 4.78 is 4.81. The van der Waals surface area contributed by atoms with Gasteiger partial charge >= 0.3 is 0 Å². The van der Waals surface area contributed by atoms with Gasteiger partial charge in [-0.1, -0.05) is 17.3 Å². The lowest BCUT2D eigenvalue weighted by Crippen LogP contribution is -2.51. The van der Waals surface area contributed by atoms with Crippen molar-refractivity contribution in [2.75, 3.05) is 23.7 Å². The second kappa shape index (κ2) is 4.69. The first-order chi connectivity index (χ1) is 9.63. The lowest BCUT2D eigenvalue weighted by molar-refractivity contribution is -0.128. The molecule has 7 nitrogen and oxygen atoms in total. The predicted octanol–water partition coefficient (Wildman–Crippen LogP) is 0.387. The number of nitrogens with two attached hydrogens (primary N) is 1. The Labute approximate surface area is 114 Å². The van der Waals surface area contributed by atoms with Crippen molar-refractivity contribution in [3.8, 4) is 11.3 Å². The first kappa shape index (κ1) is 12.2. The van der Waals surface area contributed by atoms with E-state index < -0.39 is 0 Å². The van der Waals surface area contributed by atoms with E-state index in [1.807, 2.05) is 0 Å². The average molecular weight is 272 g/mol. The summed E-state index contributed by atoms with van der Waals surface area (Å²) in [5.74, 6) is -0.0621. The van der Waals surface area contributed by atoms with Gasteiger partial charge in [0.15, 0.2) is 0 Å². The Balaban J connectivity index is 1.85. The molecule has 0 unspecified atom stereocenters. The Morgan fingerprint density at radius 1 is 1.25 bits per heavy atom. The van der Waals surface area contributed by atoms with E-state index in [9.17, 15) is 9.59 Å². The Morgan fingerprint density at radius 2 is 2.00 bits per heavy atom. The van der Waals surface area contributed by atoms with Crippen LogP contribution >= 0.6 is 0 Å². The van der Waals surface area contributed by atoms with Crippen molar-refractivity contribution in [2.45, 2.75) is 0 Å². The molecule has 0 bridgehead atoms. The van der Waals surface area contributed by atoms with E-state index in [1.54, 1.807) is 30.3 Å². The van der Waals surface area contributed by atoms with Crippen LogP contribution < -0.4 is 16.0 Å². The van der Waals surface area contributed by atoms with Crippen molar-refractivity contribution in [1.29, 1.82) is 0 Å². The van der Waals surface area contributed by atoms with Gasteiger partial charge in [-0.25, -0.2) is 0 Å². The molecule has 1 aliphatic heterocycles. The van der Waals surface area contributed by atoms with Crippen molar-refractivity contribution in [1.82, 2.24) is 10.5 Å². The van der Waals surface area contributed by atoms with E-state index in [4.69, 9.17) is 10.3 Å². The molecule has 1 saturated heterocycles. The molecule has 3 N–H and O–H groups in total. The van der Waals surface area contributed by atoms with Crippen molar-refractivity contribution in [3.63, 3.8) is 0 Å². The Kier molecular flexibility index (Phi) is 2.86. The Morgan fingerprint density at radius 3 is 2.65 bits per heavy atom. The summed E-state index contributed by atoms with van der Waals surface area (Å²) in [5, 5.41) is 6.32. The smallest absolute Gasteiger partial charge is 0.246 e. The van der Waals surface area contributed by atoms with Crippen LogP contribution in [0.2, 0.25) is 0 Å². The van der Waals surface area contributed by atoms with Gasteiger partial charge in [0.05, 0.1) is 6.54 Å². The number of piperazine rings is 1. The third-order valence-corrected chi connectivity index (χ3v) is 3.04. The number of nitrogens with zero attached hydrogens (tertiary/aromatic N) is 2. The zero-order valence-electron chi connectivity index (χ0n) is 10.5. The quantitative estimate of drug-likeness (QED) is 0.823. The SMILES string of the molecule is Nc1cc(-c2ccc(N3CC(=O)NCC3=O)cc2)no1. The highest BCUT2D eigenvalue weighted by molar-refractivity contribution is 6.04. The monoisotopic (exact) mass is 272 g/mol. The topological polar surface area (TPSA) is 101 Å². The zero-order chi connectivity index (χ0) is 14.1. The summed E-state index contributed by atoms with van der Waals surface area (Å²) in [4.78, 5) is 24.6. The van der Waals surface area contributed by atoms with Crippen LogP contribution in [-0.2, 0) is 9.59 Å². The molecule has 7 heteroatoms. The maximum Gasteiger partial charge on any atom is 0.246 e. The molecule has 1 aromatic carbocycles. The number of rotatable bonds is 2. The highest BCUT2D eigenvalue weighted by Crippen LogP contribution is 2.24. The number of hydrogen-bond acceptors (Lipinski definition) is 5. The van der Waals surface area contributed by atoms with Crippen LogP contribution in [0.4, 0.5) is 11.6 Å². The number of aromatic nitrogens is 1. The Hall–Kier alpha value is -2.83. The van der Waals surface area contributed by atoms with E-state index >= 15 is 0 Å². The largest absolute Gasteiger partial charge is 0.368 e. The summed E-state index contributed by atoms with van der Waals surface area (Å²) in [5.41, 5.74) is 7.59. The number of amides is 2. The van der Waals surface area contributed by atoms with Gasteiger partial charge in [0, 0.05) is 17.3 Å². The van der Waals surface area contributed by atoms with Gasteiger partial charge < -0.3 is 20.5 Å². The normalized spacial score (nSPS) is 15.3. The first-order valence-corrected chi connectivity index (χ1v) is 6.03. The molecular formula is C13H12N4O3. The lowest BCUT2D eigenvalue weighted by atomic mass is 10.1. The molecule has 0 spiro atoms. The lowest BCUT2D eigenvalue weighted by Gasteiger charge is -2.26. The molecule has 0 aliphatic carbocycles. The van der Waals surface area contributed by atoms with E-state index in [1.165, 1.54) is 4.90 Å². The molecule has 2 aromatic rings. The van der Waals surface area contributed by atoms with Crippen molar-refractivity contribution < 1.29 is 14.1 Å². The molecule has 20 heavy (non-hydrogen) atoms. The summed E-state index contributed by atoms with van der Waals surface area (Å²) in [7, 11) is 0. The third kappa shape index (κ3) is 2.20. The van der Waals surface area contributed by atoms with Gasteiger partial charge in [-0.3, -0.25) is 9.59 Å². The zero-order valence-corrected chi connectivity index (χ0v) is 10.5. The van der Waals surface area contributed by atoms with Crippen LogP contribution in [0.25, 0.3) is 11.3 Å². The van der Waals surface area contributed by atoms with E-state index in [-0.39, 0.29) is 30.8 Å². The molecule has 0 atom stereocenters. The minimum atomic E-state index is -0.169. The standard InChI is InChI=1S/C13H12N4O3/c14-11-5-10(16-20-11)8-1-3-9(4-2-8)17-7-12(18)15-6-13(17)19/h1-5H,6-7,14H2,(H,15,18). The minimum absolute atomic E-state index is 0.0282. The summed E-state index contributed by atoms with van der Waals surface area (Å²) in [6.07, 6.45) is 0. The van der Waals surface area contributed by atoms with Crippen LogP contribution in [-0.4, -0.2) is 30.1 Å². The number of hydrogen-bond donors (Lipinski definition) is 2. The van der Waals surface area contributed by atoms with Crippen molar-refractivity contribution in [2.24, 2.45) is 0 Å². The van der Waals surface area contributed by atoms with Crippen LogP contribution in [0.1, 0.15) is 0 Å². The summed E-state index contributed by atoms with van der Waals surface area (Å²) in [6, 6.07) is 8.74. The number of anilines is 2. The van der Waals surface area contributed by atoms with E-state index in [0.29, 0.717) is 11.4 Å². The van der Waals surface area contributed by atoms with Crippen LogP contribution in [0.15, 0.2) is 34.9 Å². The third-order valence-electron chi connectivity index (χ3n) is 3.04. The average Bonchev–Trinajstić information content (AvgIpc) is 2.88. The second-order valence-corrected chi connectivity index (χ2v) is 4.42. The van der Waals surface area contributed by atoms with Crippen molar-refractivity contribution in [3.05, 3.63) is 30.3 Å². The van der Waals surface area contributed by atoms with Gasteiger partial charge in [-0.15, -0.1) is 0 Å². The number of carbonyl (C=O) groups excluding carboxylic acids is 2. The van der Waals surface area contributed by atoms with Crippen LogP contribution in [0.5, 0.6) is 0 Å². The van der Waals surface area contributed by atoms with Gasteiger partial charge in [-0.05, 0) is 12.1 Å². The second-order valence-electron chi connectivity index (χ2n) is 4.42. The van der Waals surface area contributed by atoms with E-state index in [0.717, 1.165) is 5.56 Å². The highest BCUT2D eigenvalue weighted by atomic mass is 16.5. The number of nitrogen functional groups attached to an aromatic ring is 1. The first-order valence-electron chi connectivity index (χ1n) is 6.03. The predicted molar refractivity (Wildman–Crippen MR) is 71.7 cm³/mol. The molecule has 0 radical (unpaired) electrons. The van der Waals surface area contributed by atoms with Gasteiger partial charge in [-0.2, -0.15) is 0 Å². The van der Waals surface area contributed by atoms with Crippen LogP contribution in [0.3, 0.4) is 0 Å². The molecule has 0 saturated carbocycles. The molecular weight excluding hydrogens is 260 g/mol. The fourth-order valence-corrected chi connectivity index (χ4v) is 2.03. The summed E-state index contributed by atoms with van der Waals surface area (Å²) >= 11 is 0. The molecule has 102 valence electrons. The Bertz CT molecular complexity index is 663. The number of carbonyl (C=O) groups is 2. The van der Waals surface area contributed by atoms with Crippen LogP contribution in [0, 0.1) is 0 Å². The number of benzene rings is 1. The maximum atomic E-state index is 11.8. The van der Waals surface area contributed by atoms with Crippen molar-refractivity contribution >= 4 is 23.4 Å². The fourth-order valence-electron chi connectivity index (χ4n) is 2.03. The van der Waals surface area contributed by atoms with Gasteiger partial charge in [0.25, 0.3) is 0 Å². The fraction of sp³-hybridized carbons (Fsp3) is 0.154. The molecule has 2 amide bonds. The summed E-state index contributed by atoms with van der Waals surface area (Å²) in [6.45, 7) is 0.0650. The molecule has 3 rings (SSSR count). The molecule has 1 aliphatic rings. The minimum Gasteiger partial charge on any atom is -0.368 e. The van der Waals surface area contributed by atoms with Gasteiger partial charge in [0.1, 0.15) is 12.2 Å². The maximum absolute atomic E-state index is 11.8. The highest BCUT2D eigenvalue weighted by Gasteiger charge is 2.24. The van der Waals surface area contributed by atoms with Gasteiger partial charge in [0.2, 0.25) is 17.7 Å². The van der Waals surface area contributed by atoms with E-state index in [2.05, 4.69) is 10.5 Å².